The summed E-state index contributed by atoms with van der Waals surface area (Å²) in [4.78, 5) is 60.3. The number of amides is 2. The summed E-state index contributed by atoms with van der Waals surface area (Å²) in [6, 6.07) is 10.3. The number of methoxy groups -OCH3 is 4. The van der Waals surface area contributed by atoms with E-state index in [0.29, 0.717) is 19.3 Å². The third-order valence-electron chi connectivity index (χ3n) is 8.33. The van der Waals surface area contributed by atoms with Crippen LogP contribution in [0.3, 0.4) is 0 Å². The van der Waals surface area contributed by atoms with Gasteiger partial charge in [0.1, 0.15) is 17.9 Å². The van der Waals surface area contributed by atoms with Gasteiger partial charge in [-0.05, 0) is 53.9 Å². The normalized spacial score (nSPS) is 16.9. The van der Waals surface area contributed by atoms with Gasteiger partial charge in [0, 0.05) is 45.9 Å². The van der Waals surface area contributed by atoms with Crippen molar-refractivity contribution in [3.8, 4) is 23.0 Å². The molecule has 3 aromatic carbocycles. The Bertz CT molecular complexity index is 1740. The smallest absolute Gasteiger partial charge is 0.493 e. The molecule has 2 unspecified atom stereocenters. The number of ether oxygens (including phenoxy) is 6. The fourth-order valence-electron chi connectivity index (χ4n) is 5.71. The lowest BCUT2D eigenvalue weighted by Crippen LogP contribution is -2.58. The molecule has 1 aliphatic heterocycles. The van der Waals surface area contributed by atoms with Crippen LogP contribution in [0.4, 0.5) is 14.9 Å². The van der Waals surface area contributed by atoms with Gasteiger partial charge in [0.2, 0.25) is 5.75 Å². The molecule has 0 bridgehead atoms. The lowest BCUT2D eigenvalue weighted by molar-refractivity contribution is -1.03. The molecular formula is C36H43FN3O12+. The second-order valence-corrected chi connectivity index (χ2v) is 12.0. The molecule has 2 N–H and O–H groups in total. The fraction of sp³-hybridized carbons (Fsp3) is 0.389. The van der Waals surface area contributed by atoms with Gasteiger partial charge in [-0.25, -0.2) is 9.18 Å². The number of hydrogen-bond acceptors (Lipinski definition) is 12. The van der Waals surface area contributed by atoms with Crippen molar-refractivity contribution >= 4 is 29.4 Å². The fourth-order valence-corrected chi connectivity index (χ4v) is 5.71. The van der Waals surface area contributed by atoms with Gasteiger partial charge in [-0.1, -0.05) is 12.1 Å². The number of hydroxylamine groups is 3. The van der Waals surface area contributed by atoms with Crippen LogP contribution in [0.25, 0.3) is 0 Å². The predicted octanol–water partition coefficient (Wildman–Crippen LogP) is 4.65. The lowest BCUT2D eigenvalue weighted by Gasteiger charge is -2.30. The Morgan fingerprint density at radius 2 is 1.46 bits per heavy atom. The summed E-state index contributed by atoms with van der Waals surface area (Å²) in [7, 11) is 8.90. The molecule has 15 nitrogen and oxygen atoms in total. The Labute approximate surface area is 300 Å². The second-order valence-electron chi connectivity index (χ2n) is 12.0. The molecule has 280 valence electrons. The number of hydrogen-bond donors (Lipinski definition) is 2. The summed E-state index contributed by atoms with van der Waals surface area (Å²) < 4.78 is 46.1. The SMILES string of the molecule is COCOc1ccc(N(C)C)c(F)c1C(=O)c1ccc(C(=O)O[N+]2(C(=O)O)CCCCC(NC(=O)c3cc(OC)c(OCOC)c(OC)c3)C2)cc1. The van der Waals surface area contributed by atoms with Gasteiger partial charge in [0.05, 0.1) is 31.5 Å². The number of nitrogens with one attached hydrogen (secondary N) is 1. The highest BCUT2D eigenvalue weighted by atomic mass is 19.1. The largest absolute Gasteiger partial charge is 0.556 e. The van der Waals surface area contributed by atoms with E-state index in [1.54, 1.807) is 14.1 Å². The molecule has 1 fully saturated rings. The molecular weight excluding hydrogens is 685 g/mol. The maximum absolute atomic E-state index is 15.5. The molecule has 0 saturated carbocycles. The van der Waals surface area contributed by atoms with Gasteiger partial charge in [0.25, 0.3) is 5.91 Å². The number of halogens is 1. The molecule has 0 aromatic heterocycles. The highest BCUT2D eigenvalue weighted by molar-refractivity contribution is 6.11. The molecule has 52 heavy (non-hydrogen) atoms. The standard InChI is InChI=1S/C36H42FN3O12/c1-39(2)26-14-15-27(50-20-46-3)30(31(26)37)32(41)22-10-12-23(13-11-22)35(43)52-40(36(44)45)16-8-7-9-25(19-40)38-34(42)24-17-28(48-5)33(51-21-47-4)29(18-24)49-6/h10-15,17-18,25H,7-9,16,19-21H2,1-6H3,(H-,38,42,44,45)/p+1. The predicted molar refractivity (Wildman–Crippen MR) is 184 cm³/mol. The van der Waals surface area contributed by atoms with Crippen molar-refractivity contribution in [3.05, 3.63) is 76.6 Å². The maximum Gasteiger partial charge on any atom is 0.556 e. The number of carboxylic acid groups (broad SMARTS) is 1. The Morgan fingerprint density at radius 3 is 2.04 bits per heavy atom. The van der Waals surface area contributed by atoms with E-state index >= 15 is 4.39 Å². The third kappa shape index (κ3) is 8.88. The van der Waals surface area contributed by atoms with Crippen molar-refractivity contribution in [3.63, 3.8) is 0 Å². The third-order valence-corrected chi connectivity index (χ3v) is 8.33. The van der Waals surface area contributed by atoms with Crippen molar-refractivity contribution in [2.24, 2.45) is 0 Å². The summed E-state index contributed by atoms with van der Waals surface area (Å²) >= 11 is 0. The summed E-state index contributed by atoms with van der Waals surface area (Å²) in [5.74, 6) is -2.39. The van der Waals surface area contributed by atoms with Crippen molar-refractivity contribution in [1.29, 1.82) is 0 Å². The van der Waals surface area contributed by atoms with Crippen LogP contribution in [0.15, 0.2) is 48.5 Å². The first-order valence-electron chi connectivity index (χ1n) is 16.2. The van der Waals surface area contributed by atoms with Crippen LogP contribution in [0.1, 0.15) is 55.9 Å². The molecule has 2 amide bonds. The number of carbonyl (C=O) groups excluding carboxylic acids is 3. The van der Waals surface area contributed by atoms with E-state index in [0.717, 1.165) is 0 Å². The van der Waals surface area contributed by atoms with E-state index in [1.807, 2.05) is 0 Å². The van der Waals surface area contributed by atoms with Crippen molar-refractivity contribution in [2.45, 2.75) is 25.3 Å². The monoisotopic (exact) mass is 728 g/mol. The molecule has 0 spiro atoms. The highest BCUT2D eigenvalue weighted by Crippen LogP contribution is 2.39. The first kappa shape index (κ1) is 39.3. The first-order chi connectivity index (χ1) is 24.9. The highest BCUT2D eigenvalue weighted by Gasteiger charge is 2.47. The minimum absolute atomic E-state index is 0.0273. The molecule has 2 atom stereocenters. The average Bonchev–Trinajstić information content (AvgIpc) is 3.34. The number of anilines is 1. The Hall–Kier alpha value is -5.45. The minimum Gasteiger partial charge on any atom is -0.493 e. The lowest BCUT2D eigenvalue weighted by atomic mass is 9.99. The van der Waals surface area contributed by atoms with Crippen molar-refractivity contribution < 1.29 is 66.6 Å². The van der Waals surface area contributed by atoms with Crippen LogP contribution in [0, 0.1) is 5.82 Å². The Kier molecular flexibility index (Phi) is 13.4. The van der Waals surface area contributed by atoms with Crippen LogP contribution in [0.5, 0.6) is 23.0 Å². The van der Waals surface area contributed by atoms with Crippen LogP contribution in [-0.4, -0.2) is 109 Å². The van der Waals surface area contributed by atoms with E-state index in [4.69, 9.17) is 33.3 Å². The van der Waals surface area contributed by atoms with Crippen LogP contribution in [-0.2, 0) is 14.3 Å². The maximum atomic E-state index is 15.5. The van der Waals surface area contributed by atoms with Gasteiger partial charge >= 0.3 is 12.1 Å². The average molecular weight is 729 g/mol. The Morgan fingerprint density at radius 1 is 0.846 bits per heavy atom. The molecule has 3 aromatic rings. The molecule has 0 radical (unpaired) electrons. The molecule has 0 aliphatic carbocycles. The summed E-state index contributed by atoms with van der Waals surface area (Å²) in [6.45, 7) is -0.629. The molecule has 16 heteroatoms. The topological polar surface area (TPSA) is 168 Å². The quantitative estimate of drug-likeness (QED) is 0.134. The van der Waals surface area contributed by atoms with Gasteiger partial charge in [-0.3, -0.25) is 14.4 Å². The molecule has 1 heterocycles. The molecule has 1 aliphatic rings. The number of ketones is 1. The van der Waals surface area contributed by atoms with Gasteiger partial charge < -0.3 is 43.7 Å². The number of likely N-dealkylation sites (tertiary alicyclic amines) is 1. The summed E-state index contributed by atoms with van der Waals surface area (Å²) in [6.07, 6.45) is -0.0789. The first-order valence-corrected chi connectivity index (χ1v) is 16.2. The number of carbonyl (C=O) groups is 4. The zero-order chi connectivity index (χ0) is 38.0. The number of benzene rings is 3. The van der Waals surface area contributed by atoms with E-state index in [9.17, 15) is 24.3 Å². The van der Waals surface area contributed by atoms with E-state index in [-0.39, 0.29) is 77.6 Å². The summed E-state index contributed by atoms with van der Waals surface area (Å²) in [5.41, 5.74) is -0.00599. The van der Waals surface area contributed by atoms with E-state index in [2.05, 4.69) is 5.32 Å². The molecule has 4 rings (SSSR count). The minimum atomic E-state index is -1.43. The van der Waals surface area contributed by atoms with E-state index in [1.165, 1.54) is 81.9 Å². The van der Waals surface area contributed by atoms with E-state index < -0.39 is 40.3 Å². The van der Waals surface area contributed by atoms with Gasteiger partial charge in [0.15, 0.2) is 43.2 Å². The number of nitrogens with zero attached hydrogens (tertiary/aromatic N) is 2. The van der Waals surface area contributed by atoms with Crippen LogP contribution in [0.2, 0.25) is 0 Å². The van der Waals surface area contributed by atoms with Crippen molar-refractivity contribution in [2.75, 3.05) is 74.1 Å². The molecule has 1 saturated heterocycles. The van der Waals surface area contributed by atoms with Gasteiger partial charge in [-0.15, -0.1) is 0 Å². The summed E-state index contributed by atoms with van der Waals surface area (Å²) in [5, 5.41) is 13.2. The number of rotatable bonds is 14. The zero-order valence-corrected chi connectivity index (χ0v) is 29.9. The van der Waals surface area contributed by atoms with Crippen molar-refractivity contribution in [1.82, 2.24) is 5.32 Å². The number of quaternary nitrogens is 1. The van der Waals surface area contributed by atoms with Crippen LogP contribution < -0.4 is 29.2 Å². The van der Waals surface area contributed by atoms with Crippen LogP contribution >= 0.6 is 0 Å². The second kappa shape index (κ2) is 17.7. The van der Waals surface area contributed by atoms with Gasteiger partial charge in [-0.2, -0.15) is 4.79 Å². The Balaban J connectivity index is 1.54. The zero-order valence-electron chi connectivity index (χ0n) is 29.9.